The van der Waals surface area contributed by atoms with Crippen molar-refractivity contribution in [3.63, 3.8) is 0 Å². The van der Waals surface area contributed by atoms with E-state index in [2.05, 4.69) is 0 Å². The standard InChI is InChI=1S/C32H23NO7S/c34-29(23-10-8-22(9-11-23)21-4-2-1-3-5-21)24-12-15-27-28(19-24)41-32(39)33(27)16-17-40-25-13-6-20(7-14-25)18-26(30(35)36)31(37)38/h1-15,18-19H,16-17H2,(H,35,36)(H,37,38). The van der Waals surface area contributed by atoms with Gasteiger partial charge >= 0.3 is 16.8 Å². The lowest BCUT2D eigenvalue weighted by Crippen LogP contribution is -2.17. The van der Waals surface area contributed by atoms with Gasteiger partial charge < -0.3 is 14.9 Å². The van der Waals surface area contributed by atoms with Crippen LogP contribution in [0.2, 0.25) is 0 Å². The second-order valence-electron chi connectivity index (χ2n) is 9.06. The van der Waals surface area contributed by atoms with E-state index in [-0.39, 0.29) is 23.8 Å². The number of carbonyl (C=O) groups is 3. The predicted octanol–water partition coefficient (Wildman–Crippen LogP) is 5.59. The molecule has 4 aromatic carbocycles. The van der Waals surface area contributed by atoms with Gasteiger partial charge in [0.1, 0.15) is 17.9 Å². The molecule has 0 amide bonds. The summed E-state index contributed by atoms with van der Waals surface area (Å²) >= 11 is 1.06. The summed E-state index contributed by atoms with van der Waals surface area (Å²) in [5, 5.41) is 18.0. The number of rotatable bonds is 10. The number of hydrogen-bond donors (Lipinski definition) is 2. The van der Waals surface area contributed by atoms with Crippen LogP contribution in [0.25, 0.3) is 27.4 Å². The van der Waals surface area contributed by atoms with Gasteiger partial charge in [0.2, 0.25) is 0 Å². The van der Waals surface area contributed by atoms with E-state index in [4.69, 9.17) is 14.9 Å². The highest BCUT2D eigenvalue weighted by Gasteiger charge is 2.16. The van der Waals surface area contributed by atoms with Gasteiger partial charge in [-0.05, 0) is 53.1 Å². The van der Waals surface area contributed by atoms with Crippen molar-refractivity contribution in [1.29, 1.82) is 0 Å². The van der Waals surface area contributed by atoms with E-state index in [1.807, 2.05) is 42.5 Å². The summed E-state index contributed by atoms with van der Waals surface area (Å²) in [7, 11) is 0. The highest BCUT2D eigenvalue weighted by atomic mass is 32.1. The Kier molecular flexibility index (Phi) is 7.89. The third-order valence-corrected chi connectivity index (χ3v) is 7.36. The van der Waals surface area contributed by atoms with Crippen molar-refractivity contribution < 1.29 is 29.3 Å². The minimum atomic E-state index is -1.53. The molecule has 41 heavy (non-hydrogen) atoms. The Morgan fingerprint density at radius 1 is 0.780 bits per heavy atom. The number of ketones is 1. The Balaban J connectivity index is 1.25. The van der Waals surface area contributed by atoms with Crippen molar-refractivity contribution in [3.05, 3.63) is 129 Å². The fraction of sp³-hybridized carbons (Fsp3) is 0.0625. The second-order valence-corrected chi connectivity index (χ2v) is 10.1. The van der Waals surface area contributed by atoms with Crippen LogP contribution in [0, 0.1) is 0 Å². The molecule has 5 aromatic rings. The van der Waals surface area contributed by atoms with Gasteiger partial charge in [-0.15, -0.1) is 0 Å². The normalized spacial score (nSPS) is 10.7. The minimum absolute atomic E-state index is 0.126. The van der Waals surface area contributed by atoms with Gasteiger partial charge in [-0.2, -0.15) is 0 Å². The van der Waals surface area contributed by atoms with E-state index in [1.165, 1.54) is 0 Å². The van der Waals surface area contributed by atoms with E-state index >= 15 is 0 Å². The Hall–Kier alpha value is -5.28. The molecule has 0 aliphatic rings. The number of carboxylic acid groups (broad SMARTS) is 2. The molecule has 0 spiro atoms. The number of fused-ring (bicyclic) bond motifs is 1. The summed E-state index contributed by atoms with van der Waals surface area (Å²) in [6.45, 7) is 0.460. The predicted molar refractivity (Wildman–Crippen MR) is 157 cm³/mol. The van der Waals surface area contributed by atoms with Crippen LogP contribution < -0.4 is 9.61 Å². The highest BCUT2D eigenvalue weighted by Crippen LogP contribution is 2.24. The molecule has 9 heteroatoms. The number of hydrogen-bond acceptors (Lipinski definition) is 6. The molecule has 0 radical (unpaired) electrons. The number of nitrogens with zero attached hydrogens (tertiary/aromatic N) is 1. The van der Waals surface area contributed by atoms with E-state index in [0.717, 1.165) is 28.5 Å². The number of thiazole rings is 1. The van der Waals surface area contributed by atoms with Gasteiger partial charge in [0.15, 0.2) is 5.78 Å². The second kappa shape index (κ2) is 11.8. The van der Waals surface area contributed by atoms with Crippen molar-refractivity contribution in [3.8, 4) is 16.9 Å². The van der Waals surface area contributed by atoms with Crippen molar-refractivity contribution in [2.24, 2.45) is 0 Å². The van der Waals surface area contributed by atoms with Crippen molar-refractivity contribution in [1.82, 2.24) is 4.57 Å². The molecule has 0 atom stereocenters. The lowest BCUT2D eigenvalue weighted by atomic mass is 9.99. The molecule has 0 aliphatic carbocycles. The molecule has 0 fully saturated rings. The molecule has 5 rings (SSSR count). The van der Waals surface area contributed by atoms with Gasteiger partial charge in [-0.25, -0.2) is 9.59 Å². The molecule has 204 valence electrons. The molecule has 0 saturated carbocycles. The molecule has 2 N–H and O–H groups in total. The lowest BCUT2D eigenvalue weighted by molar-refractivity contribution is -0.140. The number of benzene rings is 4. The molecule has 1 aromatic heterocycles. The van der Waals surface area contributed by atoms with Crippen LogP contribution in [-0.4, -0.2) is 39.1 Å². The fourth-order valence-corrected chi connectivity index (χ4v) is 5.28. The quantitative estimate of drug-likeness (QED) is 0.0979. The van der Waals surface area contributed by atoms with Gasteiger partial charge in [-0.1, -0.05) is 78.1 Å². The van der Waals surface area contributed by atoms with Crippen LogP contribution in [0.5, 0.6) is 5.75 Å². The third kappa shape index (κ3) is 6.15. The first-order valence-electron chi connectivity index (χ1n) is 12.5. The maximum atomic E-state index is 13.1. The van der Waals surface area contributed by atoms with Gasteiger partial charge in [0.05, 0.1) is 16.8 Å². The Morgan fingerprint density at radius 3 is 2.07 bits per heavy atom. The van der Waals surface area contributed by atoms with Crippen molar-refractivity contribution >= 4 is 45.4 Å². The Morgan fingerprint density at radius 2 is 1.41 bits per heavy atom. The van der Waals surface area contributed by atoms with E-state index in [9.17, 15) is 19.2 Å². The summed E-state index contributed by atoms with van der Waals surface area (Å²) in [4.78, 5) is 47.8. The Bertz CT molecular complexity index is 1820. The topological polar surface area (TPSA) is 123 Å². The van der Waals surface area contributed by atoms with Crippen LogP contribution >= 0.6 is 11.3 Å². The molecular weight excluding hydrogens is 542 g/mol. The van der Waals surface area contributed by atoms with Gasteiger partial charge in [-0.3, -0.25) is 14.2 Å². The van der Waals surface area contributed by atoms with E-state index in [0.29, 0.717) is 32.7 Å². The zero-order chi connectivity index (χ0) is 28.9. The fourth-order valence-electron chi connectivity index (χ4n) is 4.33. The minimum Gasteiger partial charge on any atom is -0.492 e. The first-order chi connectivity index (χ1) is 19.8. The summed E-state index contributed by atoms with van der Waals surface area (Å²) in [6.07, 6.45) is 1.06. The molecular formula is C32H23NO7S. The van der Waals surface area contributed by atoms with Crippen LogP contribution in [0.3, 0.4) is 0 Å². The summed E-state index contributed by atoms with van der Waals surface area (Å²) in [6, 6.07) is 28.8. The number of carbonyl (C=O) groups excluding carboxylic acids is 1. The zero-order valence-corrected chi connectivity index (χ0v) is 22.3. The molecule has 1 heterocycles. The lowest BCUT2D eigenvalue weighted by Gasteiger charge is -2.08. The number of ether oxygens (including phenoxy) is 1. The molecule has 0 bridgehead atoms. The average molecular weight is 566 g/mol. The molecule has 0 unspecified atom stereocenters. The maximum absolute atomic E-state index is 13.1. The molecule has 8 nitrogen and oxygen atoms in total. The first kappa shape index (κ1) is 27.3. The largest absolute Gasteiger partial charge is 0.492 e. The van der Waals surface area contributed by atoms with E-state index < -0.39 is 17.5 Å². The summed E-state index contributed by atoms with van der Waals surface area (Å²) in [5.74, 6) is -2.70. The average Bonchev–Trinajstić information content (AvgIpc) is 3.30. The molecule has 0 saturated heterocycles. The van der Waals surface area contributed by atoms with Gasteiger partial charge in [0, 0.05) is 11.1 Å². The van der Waals surface area contributed by atoms with E-state index in [1.54, 1.807) is 59.2 Å². The van der Waals surface area contributed by atoms with Gasteiger partial charge in [0.25, 0.3) is 0 Å². The maximum Gasteiger partial charge on any atom is 0.343 e. The molecule has 0 aliphatic heterocycles. The first-order valence-corrected chi connectivity index (χ1v) is 13.4. The SMILES string of the molecule is O=C(O)C(=Cc1ccc(OCCn2c(=O)sc3cc(C(=O)c4ccc(-c5ccccc5)cc4)ccc32)cc1)C(=O)O. The van der Waals surface area contributed by atoms with Crippen molar-refractivity contribution in [2.75, 3.05) is 6.61 Å². The number of aliphatic carboxylic acids is 2. The smallest absolute Gasteiger partial charge is 0.343 e. The number of aromatic nitrogens is 1. The number of carboxylic acids is 2. The van der Waals surface area contributed by atoms with Crippen LogP contribution in [-0.2, 0) is 16.1 Å². The zero-order valence-electron chi connectivity index (χ0n) is 21.5. The van der Waals surface area contributed by atoms with Crippen LogP contribution in [0.4, 0.5) is 0 Å². The summed E-state index contributed by atoms with van der Waals surface area (Å²) in [5.41, 5.74) is 3.51. The van der Waals surface area contributed by atoms with Crippen LogP contribution in [0.15, 0.2) is 107 Å². The summed E-state index contributed by atoms with van der Waals surface area (Å²) < 4.78 is 8.03. The van der Waals surface area contributed by atoms with Crippen LogP contribution in [0.1, 0.15) is 21.5 Å². The van der Waals surface area contributed by atoms with Crippen molar-refractivity contribution in [2.45, 2.75) is 6.54 Å². The Labute approximate surface area is 238 Å². The highest BCUT2D eigenvalue weighted by molar-refractivity contribution is 7.16. The monoisotopic (exact) mass is 565 g/mol. The third-order valence-electron chi connectivity index (χ3n) is 6.42.